The zero-order chi connectivity index (χ0) is 11.5. The first-order valence-electron chi connectivity index (χ1n) is 6.43. The van der Waals surface area contributed by atoms with Crippen LogP contribution in [0.5, 0.6) is 0 Å². The third kappa shape index (κ3) is 1.25. The van der Waals surface area contributed by atoms with E-state index < -0.39 is 0 Å². The Morgan fingerprint density at radius 1 is 1.35 bits per heavy atom. The van der Waals surface area contributed by atoms with Gasteiger partial charge in [0.15, 0.2) is 0 Å². The van der Waals surface area contributed by atoms with Gasteiger partial charge in [0, 0.05) is 18.2 Å². The quantitative estimate of drug-likeness (QED) is 0.770. The summed E-state index contributed by atoms with van der Waals surface area (Å²) in [6, 6.07) is 11.2. The lowest BCUT2D eigenvalue weighted by molar-refractivity contribution is 0.151. The van der Waals surface area contributed by atoms with Crippen molar-refractivity contribution >= 4 is 0 Å². The van der Waals surface area contributed by atoms with Gasteiger partial charge in [0.05, 0.1) is 18.8 Å². The Morgan fingerprint density at radius 2 is 2.18 bits per heavy atom. The second-order valence-corrected chi connectivity index (χ2v) is 5.57. The Labute approximate surface area is 102 Å². The smallest absolute Gasteiger partial charge is 0.0705 e. The zero-order valence-corrected chi connectivity index (χ0v) is 10.1. The number of ether oxygens (including phenoxy) is 1. The fraction of sp³-hybridized carbons (Fsp3) is 0.467. The van der Waals surface area contributed by atoms with Crippen LogP contribution in [0.3, 0.4) is 0 Å². The minimum atomic E-state index is 0.420. The maximum atomic E-state index is 5.72. The van der Waals surface area contributed by atoms with Gasteiger partial charge in [-0.2, -0.15) is 0 Å². The Hall–Kier alpha value is -1.28. The second kappa shape index (κ2) is 3.14. The number of hydrogen-bond acceptors (Lipinski definition) is 2. The lowest BCUT2D eigenvalue weighted by atomic mass is 10.0. The van der Waals surface area contributed by atoms with Crippen molar-refractivity contribution in [2.75, 3.05) is 13.2 Å². The van der Waals surface area contributed by atoms with Crippen molar-refractivity contribution < 1.29 is 4.74 Å². The van der Waals surface area contributed by atoms with Crippen LogP contribution in [0.25, 0.3) is 0 Å². The van der Waals surface area contributed by atoms with Crippen LogP contribution in [0.1, 0.15) is 24.9 Å². The molecule has 1 saturated heterocycles. The van der Waals surface area contributed by atoms with E-state index in [1.807, 2.05) is 0 Å². The molecular weight excluding hydrogens is 210 g/mol. The maximum Gasteiger partial charge on any atom is 0.0705 e. The highest BCUT2D eigenvalue weighted by Gasteiger charge is 2.64. The van der Waals surface area contributed by atoms with Gasteiger partial charge in [-0.05, 0) is 24.5 Å². The molecule has 0 N–H and O–H groups in total. The highest BCUT2D eigenvalue weighted by Crippen LogP contribution is 2.62. The number of rotatable bonds is 2. The van der Waals surface area contributed by atoms with Gasteiger partial charge in [0.2, 0.25) is 0 Å². The molecule has 1 spiro atoms. The molecule has 3 aliphatic rings. The summed E-state index contributed by atoms with van der Waals surface area (Å²) in [6.45, 7) is 4.31. The van der Waals surface area contributed by atoms with Crippen LogP contribution in [0, 0.1) is 5.41 Å². The van der Waals surface area contributed by atoms with Crippen molar-refractivity contribution in [2.24, 2.45) is 5.41 Å². The Bertz CT molecular complexity index is 481. The summed E-state index contributed by atoms with van der Waals surface area (Å²) in [5, 5.41) is 0. The molecule has 2 fully saturated rings. The van der Waals surface area contributed by atoms with Crippen LogP contribution in [0.2, 0.25) is 0 Å². The SMILES string of the molecule is C[C@H](c1ccccc1)N1C=C2CO[C@H]3CC23C1. The van der Waals surface area contributed by atoms with E-state index in [9.17, 15) is 0 Å². The average molecular weight is 227 g/mol. The van der Waals surface area contributed by atoms with Gasteiger partial charge in [-0.25, -0.2) is 0 Å². The monoisotopic (exact) mass is 227 g/mol. The van der Waals surface area contributed by atoms with E-state index in [2.05, 4.69) is 48.4 Å². The normalized spacial score (nSPS) is 35.2. The van der Waals surface area contributed by atoms with Crippen molar-refractivity contribution in [3.8, 4) is 0 Å². The van der Waals surface area contributed by atoms with Crippen LogP contribution >= 0.6 is 0 Å². The Morgan fingerprint density at radius 3 is 2.88 bits per heavy atom. The lowest BCUT2D eigenvalue weighted by Gasteiger charge is -2.26. The van der Waals surface area contributed by atoms with Crippen molar-refractivity contribution in [2.45, 2.75) is 25.5 Å². The summed E-state index contributed by atoms with van der Waals surface area (Å²) in [4.78, 5) is 2.49. The first-order chi connectivity index (χ1) is 8.29. The maximum absolute atomic E-state index is 5.72. The van der Waals surface area contributed by atoms with E-state index in [0.717, 1.165) is 13.2 Å². The zero-order valence-electron chi connectivity index (χ0n) is 10.1. The molecule has 3 atom stereocenters. The molecular formula is C15H17NO. The summed E-state index contributed by atoms with van der Waals surface area (Å²) in [5.74, 6) is 0. The minimum absolute atomic E-state index is 0.420. The third-order valence-electron chi connectivity index (χ3n) is 4.65. The van der Waals surface area contributed by atoms with Crippen LogP contribution in [0.15, 0.2) is 42.1 Å². The van der Waals surface area contributed by atoms with Crippen molar-refractivity contribution in [3.05, 3.63) is 47.7 Å². The molecule has 0 amide bonds. The standard InChI is InChI=1S/C15H17NO/c1-11(12-5-3-2-4-6-12)16-8-13-9-17-14-7-15(13,14)10-16/h2-6,8,11,14H,7,9-10H2,1H3/t11-,14+,15?/m1/s1. The number of hydrogen-bond donors (Lipinski definition) is 0. The predicted molar refractivity (Wildman–Crippen MR) is 66.4 cm³/mol. The van der Waals surface area contributed by atoms with E-state index in [1.165, 1.54) is 17.6 Å². The summed E-state index contributed by atoms with van der Waals surface area (Å²) in [7, 11) is 0. The van der Waals surface area contributed by atoms with Crippen molar-refractivity contribution in [1.29, 1.82) is 0 Å². The molecule has 88 valence electrons. The van der Waals surface area contributed by atoms with Crippen LogP contribution in [0.4, 0.5) is 0 Å². The molecule has 2 nitrogen and oxygen atoms in total. The lowest BCUT2D eigenvalue weighted by Crippen LogP contribution is -2.23. The summed E-state index contributed by atoms with van der Waals surface area (Å²) in [6.07, 6.45) is 4.13. The first-order valence-corrected chi connectivity index (χ1v) is 6.43. The van der Waals surface area contributed by atoms with E-state index >= 15 is 0 Å². The summed E-state index contributed by atoms with van der Waals surface area (Å²) < 4.78 is 5.72. The van der Waals surface area contributed by atoms with E-state index in [0.29, 0.717) is 17.6 Å². The van der Waals surface area contributed by atoms with Gasteiger partial charge in [0.1, 0.15) is 0 Å². The van der Waals surface area contributed by atoms with Crippen molar-refractivity contribution in [3.63, 3.8) is 0 Å². The summed E-state index contributed by atoms with van der Waals surface area (Å²) in [5.41, 5.74) is 3.35. The van der Waals surface area contributed by atoms with Gasteiger partial charge in [-0.15, -0.1) is 0 Å². The average Bonchev–Trinajstić information content (AvgIpc) is 2.78. The minimum Gasteiger partial charge on any atom is -0.373 e. The van der Waals surface area contributed by atoms with E-state index in [4.69, 9.17) is 4.74 Å². The van der Waals surface area contributed by atoms with Crippen LogP contribution in [-0.2, 0) is 4.74 Å². The molecule has 1 aromatic rings. The number of nitrogens with zero attached hydrogens (tertiary/aromatic N) is 1. The number of benzene rings is 1. The second-order valence-electron chi connectivity index (χ2n) is 5.57. The molecule has 2 heteroatoms. The molecule has 1 saturated carbocycles. The van der Waals surface area contributed by atoms with Crippen LogP contribution < -0.4 is 0 Å². The molecule has 1 unspecified atom stereocenters. The Balaban J connectivity index is 1.60. The highest BCUT2D eigenvalue weighted by atomic mass is 16.5. The fourth-order valence-corrected chi connectivity index (χ4v) is 3.34. The molecule has 17 heavy (non-hydrogen) atoms. The molecule has 0 bridgehead atoms. The van der Waals surface area contributed by atoms with Gasteiger partial charge < -0.3 is 9.64 Å². The molecule has 2 heterocycles. The molecule has 1 aromatic carbocycles. The van der Waals surface area contributed by atoms with Gasteiger partial charge >= 0.3 is 0 Å². The van der Waals surface area contributed by atoms with Crippen molar-refractivity contribution in [1.82, 2.24) is 4.90 Å². The first kappa shape index (κ1) is 9.72. The van der Waals surface area contributed by atoms with Gasteiger partial charge in [-0.1, -0.05) is 30.3 Å². The predicted octanol–water partition coefficient (Wildman–Crippen LogP) is 2.74. The van der Waals surface area contributed by atoms with E-state index in [-0.39, 0.29) is 0 Å². The topological polar surface area (TPSA) is 12.5 Å². The molecule has 4 rings (SSSR count). The molecule has 1 aliphatic carbocycles. The molecule has 0 aromatic heterocycles. The molecule has 2 aliphatic heterocycles. The van der Waals surface area contributed by atoms with Gasteiger partial charge in [-0.3, -0.25) is 0 Å². The van der Waals surface area contributed by atoms with Crippen LogP contribution in [-0.4, -0.2) is 24.2 Å². The molecule has 0 radical (unpaired) electrons. The Kier molecular flexibility index (Phi) is 1.79. The highest BCUT2D eigenvalue weighted by molar-refractivity contribution is 5.37. The third-order valence-corrected chi connectivity index (χ3v) is 4.65. The summed E-state index contributed by atoms with van der Waals surface area (Å²) >= 11 is 0. The largest absolute Gasteiger partial charge is 0.373 e. The van der Waals surface area contributed by atoms with Gasteiger partial charge in [0.25, 0.3) is 0 Å². The van der Waals surface area contributed by atoms with E-state index in [1.54, 1.807) is 0 Å². The fourth-order valence-electron chi connectivity index (χ4n) is 3.34.